The van der Waals surface area contributed by atoms with Gasteiger partial charge in [-0.15, -0.1) is 0 Å². The minimum absolute atomic E-state index is 0.504. The van der Waals surface area contributed by atoms with Crippen LogP contribution in [0.5, 0.6) is 11.5 Å². The first-order valence-electron chi connectivity index (χ1n) is 13.6. The Balaban J connectivity index is 1.36. The third-order valence-electron chi connectivity index (χ3n) is 8.60. The van der Waals surface area contributed by atoms with Crippen LogP contribution >= 0.6 is 0 Å². The molecule has 4 heteroatoms. The van der Waals surface area contributed by atoms with E-state index in [1.54, 1.807) is 0 Å². The number of nitrogens with zero attached hydrogens (tertiary/aromatic N) is 2. The molecule has 5 aromatic carbocycles. The molecular formula is C36H23N3O. The quantitative estimate of drug-likeness (QED) is 0.240. The number of rotatable bonds is 1. The summed E-state index contributed by atoms with van der Waals surface area (Å²) in [6.07, 6.45) is 6.21. The summed E-state index contributed by atoms with van der Waals surface area (Å²) < 4.78 is 6.80. The lowest BCUT2D eigenvalue weighted by molar-refractivity contribution is 0.437. The molecule has 0 unspecified atom stereocenters. The molecule has 1 spiro atoms. The molecule has 0 fully saturated rings. The minimum Gasteiger partial charge on any atom is -0.456 e. The highest BCUT2D eigenvalue weighted by atomic mass is 16.5. The van der Waals surface area contributed by atoms with Gasteiger partial charge in [-0.1, -0.05) is 91.0 Å². The van der Waals surface area contributed by atoms with E-state index in [0.29, 0.717) is 5.82 Å². The molecule has 0 saturated heterocycles. The third kappa shape index (κ3) is 2.70. The van der Waals surface area contributed by atoms with Crippen molar-refractivity contribution in [2.45, 2.75) is 5.41 Å². The van der Waals surface area contributed by atoms with Crippen LogP contribution in [0.2, 0.25) is 0 Å². The van der Waals surface area contributed by atoms with E-state index < -0.39 is 5.41 Å². The van der Waals surface area contributed by atoms with Gasteiger partial charge in [-0.25, -0.2) is 9.97 Å². The fraction of sp³-hybridized carbons (Fsp3) is 0.0556. The van der Waals surface area contributed by atoms with Crippen LogP contribution in [0.3, 0.4) is 0 Å². The average Bonchev–Trinajstić information content (AvgIpc) is 3.32. The van der Waals surface area contributed by atoms with Gasteiger partial charge in [0.1, 0.15) is 11.5 Å². The molecule has 0 amide bonds. The summed E-state index contributed by atoms with van der Waals surface area (Å²) in [4.78, 5) is 10.0. The summed E-state index contributed by atoms with van der Waals surface area (Å²) in [7, 11) is 0. The molecule has 1 aliphatic carbocycles. The van der Waals surface area contributed by atoms with E-state index >= 15 is 0 Å². The molecule has 0 bridgehead atoms. The second kappa shape index (κ2) is 7.90. The number of fused-ring (bicyclic) bond motifs is 12. The lowest BCUT2D eigenvalue weighted by Crippen LogP contribution is -2.32. The van der Waals surface area contributed by atoms with E-state index in [2.05, 4.69) is 115 Å². The summed E-state index contributed by atoms with van der Waals surface area (Å²) in [6.45, 7) is 0.820. The number of aromatic nitrogens is 2. The van der Waals surface area contributed by atoms with Gasteiger partial charge < -0.3 is 10.1 Å². The highest BCUT2D eigenvalue weighted by molar-refractivity contribution is 5.95. The maximum Gasteiger partial charge on any atom is 0.163 e. The van der Waals surface area contributed by atoms with Crippen LogP contribution in [0.15, 0.2) is 115 Å². The van der Waals surface area contributed by atoms with Crippen molar-refractivity contribution in [3.05, 3.63) is 143 Å². The summed E-state index contributed by atoms with van der Waals surface area (Å²) in [5.41, 5.74) is 10.9. The van der Waals surface area contributed by atoms with E-state index in [-0.39, 0.29) is 0 Å². The largest absolute Gasteiger partial charge is 0.456 e. The zero-order chi connectivity index (χ0) is 26.3. The SMILES string of the molecule is C1=Cc2c(ccc3cnc(-c4cccc5c4Oc4ccccc4C54c5ccccc5-c5ccccc54)nc23)NC1. The van der Waals surface area contributed by atoms with Gasteiger partial charge in [0, 0.05) is 40.5 Å². The molecule has 0 radical (unpaired) electrons. The van der Waals surface area contributed by atoms with Crippen molar-refractivity contribution < 1.29 is 4.74 Å². The molecule has 4 nitrogen and oxygen atoms in total. The second-order valence-corrected chi connectivity index (χ2v) is 10.6. The topological polar surface area (TPSA) is 47.0 Å². The van der Waals surface area contributed by atoms with E-state index in [1.165, 1.54) is 22.3 Å². The first kappa shape index (κ1) is 21.7. The van der Waals surface area contributed by atoms with Gasteiger partial charge in [-0.05, 0) is 46.5 Å². The van der Waals surface area contributed by atoms with E-state index in [4.69, 9.17) is 14.7 Å². The zero-order valence-electron chi connectivity index (χ0n) is 21.6. The number of para-hydroxylation sites is 2. The summed E-state index contributed by atoms with van der Waals surface area (Å²) in [5.74, 6) is 2.33. The lowest BCUT2D eigenvalue weighted by atomic mass is 9.66. The van der Waals surface area contributed by atoms with Crippen LogP contribution in [0, 0.1) is 0 Å². The Bertz CT molecular complexity index is 2010. The number of hydrogen-bond acceptors (Lipinski definition) is 4. The standard InChI is InChI=1S/C36H23N3O/c1-3-13-27-23(9-1)24-10-2-4-14-28(24)36(27)29-15-5-6-17-32(29)40-34-26(11-7-16-30(34)36)35-38-21-22-18-19-31-25(33(22)39-35)12-8-20-37-31/h1-19,21,37H,20H2. The summed E-state index contributed by atoms with van der Waals surface area (Å²) in [6, 6.07) is 36.6. The Morgan fingerprint density at radius 3 is 2.20 bits per heavy atom. The van der Waals surface area contributed by atoms with Crippen LogP contribution in [0.4, 0.5) is 5.69 Å². The van der Waals surface area contributed by atoms with Crippen LogP contribution < -0.4 is 10.1 Å². The Kier molecular flexibility index (Phi) is 4.28. The fourth-order valence-corrected chi connectivity index (χ4v) is 6.97. The molecular weight excluding hydrogens is 490 g/mol. The number of nitrogens with one attached hydrogen (secondary N) is 1. The molecule has 6 aromatic rings. The number of hydrogen-bond donors (Lipinski definition) is 1. The highest BCUT2D eigenvalue weighted by Crippen LogP contribution is 2.62. The molecule has 1 aromatic heterocycles. The molecule has 188 valence electrons. The van der Waals surface area contributed by atoms with E-state index in [1.807, 2.05) is 12.3 Å². The van der Waals surface area contributed by atoms with Crippen LogP contribution in [0.25, 0.3) is 39.5 Å². The van der Waals surface area contributed by atoms with Crippen LogP contribution in [0.1, 0.15) is 27.8 Å². The highest BCUT2D eigenvalue weighted by Gasteiger charge is 2.51. The van der Waals surface area contributed by atoms with Gasteiger partial charge in [0.2, 0.25) is 0 Å². The molecule has 3 aliphatic rings. The van der Waals surface area contributed by atoms with Gasteiger partial charge in [-0.2, -0.15) is 0 Å². The van der Waals surface area contributed by atoms with Crippen molar-refractivity contribution in [2.75, 3.05) is 11.9 Å². The smallest absolute Gasteiger partial charge is 0.163 e. The van der Waals surface area contributed by atoms with Gasteiger partial charge in [0.05, 0.1) is 16.5 Å². The maximum atomic E-state index is 6.80. The normalized spacial score (nSPS) is 14.9. The van der Waals surface area contributed by atoms with E-state index in [9.17, 15) is 0 Å². The molecule has 0 saturated carbocycles. The Morgan fingerprint density at radius 2 is 1.38 bits per heavy atom. The number of benzene rings is 5. The van der Waals surface area contributed by atoms with Crippen LogP contribution in [-0.2, 0) is 5.41 Å². The molecule has 40 heavy (non-hydrogen) atoms. The first-order chi connectivity index (χ1) is 19.8. The molecule has 1 N–H and O–H groups in total. The van der Waals surface area contributed by atoms with Gasteiger partial charge in [0.25, 0.3) is 0 Å². The Morgan fingerprint density at radius 1 is 0.675 bits per heavy atom. The van der Waals surface area contributed by atoms with Crippen molar-refractivity contribution in [3.8, 4) is 34.0 Å². The second-order valence-electron chi connectivity index (χ2n) is 10.6. The van der Waals surface area contributed by atoms with Crippen molar-refractivity contribution in [2.24, 2.45) is 0 Å². The van der Waals surface area contributed by atoms with Gasteiger partial charge in [0.15, 0.2) is 5.82 Å². The predicted octanol–water partition coefficient (Wildman–Crippen LogP) is 8.20. The molecule has 3 heterocycles. The first-order valence-corrected chi connectivity index (χ1v) is 13.6. The summed E-state index contributed by atoms with van der Waals surface area (Å²) >= 11 is 0. The molecule has 2 aliphatic heterocycles. The third-order valence-corrected chi connectivity index (χ3v) is 8.60. The molecule has 9 rings (SSSR count). The van der Waals surface area contributed by atoms with Crippen LogP contribution in [-0.4, -0.2) is 16.5 Å². The number of anilines is 1. The zero-order valence-corrected chi connectivity index (χ0v) is 21.6. The number of ether oxygens (including phenoxy) is 1. The summed E-state index contributed by atoms with van der Waals surface area (Å²) in [5, 5.41) is 4.47. The fourth-order valence-electron chi connectivity index (χ4n) is 6.97. The van der Waals surface area contributed by atoms with Gasteiger partial charge >= 0.3 is 0 Å². The average molecular weight is 514 g/mol. The predicted molar refractivity (Wildman–Crippen MR) is 160 cm³/mol. The minimum atomic E-state index is -0.504. The lowest BCUT2D eigenvalue weighted by Gasteiger charge is -2.39. The maximum absolute atomic E-state index is 6.80. The van der Waals surface area contributed by atoms with Crippen molar-refractivity contribution in [1.82, 2.24) is 9.97 Å². The van der Waals surface area contributed by atoms with Crippen molar-refractivity contribution in [1.29, 1.82) is 0 Å². The van der Waals surface area contributed by atoms with E-state index in [0.717, 1.165) is 56.9 Å². The monoisotopic (exact) mass is 513 g/mol. The molecule has 0 atom stereocenters. The van der Waals surface area contributed by atoms with Crippen molar-refractivity contribution in [3.63, 3.8) is 0 Å². The Labute approximate surface area is 231 Å². The van der Waals surface area contributed by atoms with Crippen molar-refractivity contribution >= 4 is 22.7 Å². The van der Waals surface area contributed by atoms with Gasteiger partial charge in [-0.3, -0.25) is 0 Å². The Hall–Kier alpha value is -5.22.